The van der Waals surface area contributed by atoms with Crippen LogP contribution in [0, 0.1) is 0 Å². The second kappa shape index (κ2) is 8.54. The molecule has 3 rings (SSSR count). The SMILES string of the molecule is Nc1ccc(Oc2cccc(Oc3ccc(N)cc3C(F)(F)F)c2C(F)(F)F)c(C(F)(F)F)c1. The van der Waals surface area contributed by atoms with E-state index in [4.69, 9.17) is 20.9 Å². The summed E-state index contributed by atoms with van der Waals surface area (Å²) in [4.78, 5) is 0. The van der Waals surface area contributed by atoms with Crippen molar-refractivity contribution >= 4 is 11.4 Å². The van der Waals surface area contributed by atoms with E-state index in [1.807, 2.05) is 0 Å². The lowest BCUT2D eigenvalue weighted by molar-refractivity contribution is -0.140. The first-order valence-corrected chi connectivity index (χ1v) is 9.06. The first-order valence-electron chi connectivity index (χ1n) is 9.06. The van der Waals surface area contributed by atoms with Crippen LogP contribution < -0.4 is 20.9 Å². The van der Waals surface area contributed by atoms with Crippen molar-refractivity contribution in [3.05, 3.63) is 71.3 Å². The highest BCUT2D eigenvalue weighted by atomic mass is 19.4. The zero-order valence-corrected chi connectivity index (χ0v) is 16.6. The van der Waals surface area contributed by atoms with Gasteiger partial charge < -0.3 is 20.9 Å². The molecular formula is C21H13F9N2O2. The van der Waals surface area contributed by atoms with Crippen LogP contribution in [0.1, 0.15) is 16.7 Å². The van der Waals surface area contributed by atoms with E-state index in [0.29, 0.717) is 36.4 Å². The average Bonchev–Trinajstić information content (AvgIpc) is 2.68. The molecule has 0 radical (unpaired) electrons. The molecule has 0 heterocycles. The maximum Gasteiger partial charge on any atom is 0.423 e. The van der Waals surface area contributed by atoms with E-state index >= 15 is 0 Å². The number of halogens is 9. The minimum atomic E-state index is -5.29. The number of nitrogen functional groups attached to an aromatic ring is 2. The van der Waals surface area contributed by atoms with E-state index in [1.165, 1.54) is 0 Å². The summed E-state index contributed by atoms with van der Waals surface area (Å²) in [7, 11) is 0. The number of nitrogens with two attached hydrogens (primary N) is 2. The molecule has 0 atom stereocenters. The predicted octanol–water partition coefficient (Wildman–Crippen LogP) is 7.49. The summed E-state index contributed by atoms with van der Waals surface area (Å²) in [5.74, 6) is -4.28. The van der Waals surface area contributed by atoms with Crippen LogP contribution in [0.4, 0.5) is 50.9 Å². The summed E-state index contributed by atoms with van der Waals surface area (Å²) in [6.07, 6.45) is -15.3. The molecule has 3 aromatic carbocycles. The third-order valence-electron chi connectivity index (χ3n) is 4.33. The van der Waals surface area contributed by atoms with Crippen molar-refractivity contribution in [1.82, 2.24) is 0 Å². The quantitative estimate of drug-likeness (QED) is 0.290. The standard InChI is InChI=1S/C21H13F9N2O2/c22-19(23,24)12-8-10(31)4-6-14(12)33-16-2-1-3-17(18(16)21(28,29)30)34-15-7-5-11(32)9-13(15)20(25,26)27/h1-9H,31-32H2. The van der Waals surface area contributed by atoms with Crippen LogP contribution in [-0.4, -0.2) is 0 Å². The van der Waals surface area contributed by atoms with Gasteiger partial charge in [0.15, 0.2) is 0 Å². The van der Waals surface area contributed by atoms with Gasteiger partial charge in [-0.05, 0) is 48.5 Å². The van der Waals surface area contributed by atoms with Gasteiger partial charge in [-0.2, -0.15) is 39.5 Å². The number of anilines is 2. The van der Waals surface area contributed by atoms with E-state index in [2.05, 4.69) is 0 Å². The van der Waals surface area contributed by atoms with Gasteiger partial charge >= 0.3 is 18.5 Å². The molecule has 0 amide bonds. The van der Waals surface area contributed by atoms with Gasteiger partial charge in [0.1, 0.15) is 39.7 Å². The highest BCUT2D eigenvalue weighted by molar-refractivity contribution is 5.55. The molecule has 4 N–H and O–H groups in total. The third kappa shape index (κ3) is 5.41. The maximum absolute atomic E-state index is 13.9. The fourth-order valence-electron chi connectivity index (χ4n) is 2.91. The molecule has 0 aliphatic heterocycles. The highest BCUT2D eigenvalue weighted by Crippen LogP contribution is 2.48. The fourth-order valence-corrected chi connectivity index (χ4v) is 2.91. The van der Waals surface area contributed by atoms with Crippen molar-refractivity contribution in [3.8, 4) is 23.0 Å². The number of hydrogen-bond acceptors (Lipinski definition) is 4. The monoisotopic (exact) mass is 496 g/mol. The molecule has 13 heteroatoms. The van der Waals surface area contributed by atoms with E-state index in [-0.39, 0.29) is 11.4 Å². The van der Waals surface area contributed by atoms with Gasteiger partial charge in [-0.3, -0.25) is 0 Å². The van der Waals surface area contributed by atoms with Gasteiger partial charge in [0.25, 0.3) is 0 Å². The average molecular weight is 496 g/mol. The van der Waals surface area contributed by atoms with E-state index in [9.17, 15) is 39.5 Å². The van der Waals surface area contributed by atoms with E-state index < -0.39 is 58.2 Å². The van der Waals surface area contributed by atoms with Crippen LogP contribution in [0.2, 0.25) is 0 Å². The van der Waals surface area contributed by atoms with Crippen LogP contribution in [-0.2, 0) is 18.5 Å². The predicted molar refractivity (Wildman–Crippen MR) is 103 cm³/mol. The largest absolute Gasteiger partial charge is 0.456 e. The fraction of sp³-hybridized carbons (Fsp3) is 0.143. The maximum atomic E-state index is 13.9. The Bertz CT molecular complexity index is 1120. The van der Waals surface area contributed by atoms with Gasteiger partial charge in [-0.25, -0.2) is 0 Å². The first-order chi connectivity index (χ1) is 15.6. The molecule has 0 spiro atoms. The van der Waals surface area contributed by atoms with Crippen molar-refractivity contribution in [2.75, 3.05) is 11.5 Å². The lowest BCUT2D eigenvalue weighted by atomic mass is 10.1. The second-order valence-corrected chi connectivity index (χ2v) is 6.84. The number of benzene rings is 3. The van der Waals surface area contributed by atoms with Crippen LogP contribution >= 0.6 is 0 Å². The summed E-state index contributed by atoms with van der Waals surface area (Å²) in [5.41, 5.74) is 5.37. The molecule has 34 heavy (non-hydrogen) atoms. The first kappa shape index (κ1) is 24.9. The van der Waals surface area contributed by atoms with Crippen LogP contribution in [0.25, 0.3) is 0 Å². The molecule has 4 nitrogen and oxygen atoms in total. The molecule has 0 saturated carbocycles. The summed E-state index contributed by atoms with van der Waals surface area (Å²) in [5, 5.41) is 0. The molecule has 0 aliphatic carbocycles. The number of hydrogen-bond donors (Lipinski definition) is 2. The zero-order chi connectivity index (χ0) is 25.5. The Hall–Kier alpha value is -3.77. The van der Waals surface area contributed by atoms with Gasteiger partial charge in [0.2, 0.25) is 0 Å². The van der Waals surface area contributed by atoms with Crippen LogP contribution in [0.15, 0.2) is 54.6 Å². The summed E-state index contributed by atoms with van der Waals surface area (Å²) < 4.78 is 131. The Morgan fingerprint density at radius 3 is 1.21 bits per heavy atom. The smallest absolute Gasteiger partial charge is 0.423 e. The number of rotatable bonds is 4. The van der Waals surface area contributed by atoms with Crippen molar-refractivity contribution in [2.45, 2.75) is 18.5 Å². The Labute approximate surface area is 185 Å². The lowest BCUT2D eigenvalue weighted by Gasteiger charge is -2.21. The summed E-state index contributed by atoms with van der Waals surface area (Å²) >= 11 is 0. The molecule has 0 aromatic heterocycles. The molecule has 0 aliphatic rings. The Balaban J connectivity index is 2.14. The molecule has 0 bridgehead atoms. The van der Waals surface area contributed by atoms with Gasteiger partial charge in [-0.1, -0.05) is 6.07 Å². The van der Waals surface area contributed by atoms with Crippen LogP contribution in [0.3, 0.4) is 0 Å². The van der Waals surface area contributed by atoms with Crippen molar-refractivity contribution in [1.29, 1.82) is 0 Å². The number of ether oxygens (including phenoxy) is 2. The van der Waals surface area contributed by atoms with Crippen molar-refractivity contribution in [3.63, 3.8) is 0 Å². The number of alkyl halides is 9. The normalized spacial score (nSPS) is 12.5. The molecule has 3 aromatic rings. The summed E-state index contributed by atoms with van der Waals surface area (Å²) in [6.45, 7) is 0. The van der Waals surface area contributed by atoms with Gasteiger partial charge in [0, 0.05) is 11.4 Å². The highest BCUT2D eigenvalue weighted by Gasteiger charge is 2.41. The summed E-state index contributed by atoms with van der Waals surface area (Å²) in [6, 6.07) is 6.61. The lowest BCUT2D eigenvalue weighted by Crippen LogP contribution is -2.13. The molecule has 182 valence electrons. The topological polar surface area (TPSA) is 70.5 Å². The Morgan fingerprint density at radius 1 is 0.500 bits per heavy atom. The molecule has 0 fully saturated rings. The minimum absolute atomic E-state index is 0.323. The molecular weight excluding hydrogens is 483 g/mol. The van der Waals surface area contributed by atoms with Crippen LogP contribution in [0.5, 0.6) is 23.0 Å². The molecule has 0 saturated heterocycles. The zero-order valence-electron chi connectivity index (χ0n) is 16.6. The Kier molecular flexibility index (Phi) is 6.24. The van der Waals surface area contributed by atoms with E-state index in [0.717, 1.165) is 18.2 Å². The van der Waals surface area contributed by atoms with E-state index in [1.54, 1.807) is 0 Å². The minimum Gasteiger partial charge on any atom is -0.456 e. The van der Waals surface area contributed by atoms with Gasteiger partial charge in [-0.15, -0.1) is 0 Å². The van der Waals surface area contributed by atoms with Crippen molar-refractivity contribution in [2.24, 2.45) is 0 Å². The van der Waals surface area contributed by atoms with Gasteiger partial charge in [0.05, 0.1) is 0 Å². The third-order valence-corrected chi connectivity index (χ3v) is 4.33. The van der Waals surface area contributed by atoms with Crippen molar-refractivity contribution < 1.29 is 49.0 Å². The molecule has 0 unspecified atom stereocenters. The second-order valence-electron chi connectivity index (χ2n) is 6.84. The Morgan fingerprint density at radius 2 is 0.882 bits per heavy atom.